The van der Waals surface area contributed by atoms with Gasteiger partial charge in [0.25, 0.3) is 0 Å². The Balaban J connectivity index is 0.000000461. The molecule has 11 heavy (non-hydrogen) atoms. The molecule has 0 bridgehead atoms. The van der Waals surface area contributed by atoms with Crippen molar-refractivity contribution < 1.29 is 0 Å². The lowest BCUT2D eigenvalue weighted by atomic mass is 9.89. The van der Waals surface area contributed by atoms with Gasteiger partial charge in [-0.1, -0.05) is 55.4 Å². The molecular weight excluding hydrogens is 247 g/mol. The van der Waals surface area contributed by atoms with Gasteiger partial charge in [-0.25, -0.2) is 0 Å². The van der Waals surface area contributed by atoms with Crippen LogP contribution in [0.25, 0.3) is 0 Å². The maximum Gasteiger partial charge on any atom is 0.0172 e. The molecule has 1 rings (SSSR count). The van der Waals surface area contributed by atoms with Crippen molar-refractivity contribution in [3.8, 4) is 0 Å². The van der Waals surface area contributed by atoms with Crippen LogP contribution in [0.1, 0.15) is 39.5 Å². The summed E-state index contributed by atoms with van der Waals surface area (Å²) in [6.45, 7) is 7.83. The molecule has 0 aromatic rings. The molecule has 0 heterocycles. The van der Waals surface area contributed by atoms with Crippen molar-refractivity contribution in [2.75, 3.05) is 0 Å². The van der Waals surface area contributed by atoms with Gasteiger partial charge in [0, 0.05) is 3.92 Å². The third kappa shape index (κ3) is 4.14. The van der Waals surface area contributed by atoms with E-state index in [0.717, 1.165) is 9.84 Å². The molecule has 0 saturated heterocycles. The molecule has 0 aromatic heterocycles. The summed E-state index contributed by atoms with van der Waals surface area (Å²) in [5.41, 5.74) is 0. The second kappa shape index (κ2) is 7.14. The topological polar surface area (TPSA) is 0 Å². The fourth-order valence-corrected chi connectivity index (χ4v) is 2.47. The highest BCUT2D eigenvalue weighted by Crippen LogP contribution is 2.30. The first-order valence-corrected chi connectivity index (χ1v) is 5.86. The van der Waals surface area contributed by atoms with E-state index in [2.05, 4.69) is 35.2 Å². The molecule has 1 heteroatoms. The van der Waals surface area contributed by atoms with Crippen LogP contribution in [0.2, 0.25) is 0 Å². The third-order valence-corrected chi connectivity index (χ3v) is 3.58. The van der Waals surface area contributed by atoms with E-state index in [1.54, 1.807) is 0 Å². The lowest BCUT2D eigenvalue weighted by Gasteiger charge is -2.23. The molecule has 1 fully saturated rings. The number of halogens is 1. The number of alkyl halides is 1. The summed E-state index contributed by atoms with van der Waals surface area (Å²) >= 11 is 2.55. The summed E-state index contributed by atoms with van der Waals surface area (Å²) in [5.74, 6) is 0.805. The maximum atomic E-state index is 3.83. The lowest BCUT2D eigenvalue weighted by molar-refractivity contribution is 0.444. The summed E-state index contributed by atoms with van der Waals surface area (Å²) in [7, 11) is 0. The monoisotopic (exact) mass is 266 g/mol. The van der Waals surface area contributed by atoms with Crippen molar-refractivity contribution in [2.45, 2.75) is 43.5 Å². The van der Waals surface area contributed by atoms with E-state index < -0.39 is 0 Å². The van der Waals surface area contributed by atoms with Crippen LogP contribution in [0.3, 0.4) is 0 Å². The van der Waals surface area contributed by atoms with Gasteiger partial charge in [0.05, 0.1) is 0 Å². The SMILES string of the molecule is C=C[C@H]1CCCC[C@@H]1I.CC. The van der Waals surface area contributed by atoms with Crippen molar-refractivity contribution in [3.05, 3.63) is 12.7 Å². The number of hydrogen-bond acceptors (Lipinski definition) is 0. The van der Waals surface area contributed by atoms with E-state index in [-0.39, 0.29) is 0 Å². The van der Waals surface area contributed by atoms with Gasteiger partial charge in [-0.15, -0.1) is 6.58 Å². The van der Waals surface area contributed by atoms with Gasteiger partial charge in [-0.05, 0) is 18.8 Å². The first kappa shape index (κ1) is 11.5. The molecular formula is C10H19I. The quantitative estimate of drug-likeness (QED) is 0.379. The first-order chi connectivity index (χ1) is 5.34. The molecule has 0 spiro atoms. The Hall–Kier alpha value is 0.470. The molecule has 0 aliphatic heterocycles. The van der Waals surface area contributed by atoms with Gasteiger partial charge in [-0.2, -0.15) is 0 Å². The molecule has 1 aliphatic rings. The predicted octanol–water partition coefficient (Wildman–Crippen LogP) is 4.19. The summed E-state index contributed by atoms with van der Waals surface area (Å²) in [5, 5.41) is 0. The van der Waals surface area contributed by atoms with Crippen LogP contribution in [0.15, 0.2) is 12.7 Å². The minimum atomic E-state index is 0.805. The van der Waals surface area contributed by atoms with Crippen LogP contribution >= 0.6 is 22.6 Å². The van der Waals surface area contributed by atoms with Crippen molar-refractivity contribution in [2.24, 2.45) is 5.92 Å². The van der Waals surface area contributed by atoms with Crippen molar-refractivity contribution >= 4 is 22.6 Å². The number of hydrogen-bond donors (Lipinski definition) is 0. The minimum absolute atomic E-state index is 0.805. The summed E-state index contributed by atoms with van der Waals surface area (Å²) < 4.78 is 0.869. The van der Waals surface area contributed by atoms with Crippen molar-refractivity contribution in [1.82, 2.24) is 0 Å². The number of rotatable bonds is 1. The van der Waals surface area contributed by atoms with Crippen LogP contribution in [0, 0.1) is 5.92 Å². The fraction of sp³-hybridized carbons (Fsp3) is 0.800. The summed E-state index contributed by atoms with van der Waals surface area (Å²) in [4.78, 5) is 0. The molecule has 66 valence electrons. The number of allylic oxidation sites excluding steroid dienone is 1. The predicted molar refractivity (Wildman–Crippen MR) is 61.3 cm³/mol. The van der Waals surface area contributed by atoms with Gasteiger partial charge < -0.3 is 0 Å². The van der Waals surface area contributed by atoms with E-state index in [1.165, 1.54) is 25.7 Å². The Labute approximate surface area is 84.6 Å². The largest absolute Gasteiger partial charge is 0.103 e. The standard InChI is InChI=1S/C8H13I.C2H6/c1-2-7-5-3-4-6-8(7)9;1-2/h2,7-8H,1,3-6H2;1-2H3/t7-,8-;/m0./s1. The van der Waals surface area contributed by atoms with Gasteiger partial charge in [0.15, 0.2) is 0 Å². The lowest BCUT2D eigenvalue weighted by Crippen LogP contribution is -2.16. The highest BCUT2D eigenvalue weighted by molar-refractivity contribution is 14.1. The highest BCUT2D eigenvalue weighted by atomic mass is 127. The molecule has 0 nitrogen and oxygen atoms in total. The van der Waals surface area contributed by atoms with E-state index in [0.29, 0.717) is 0 Å². The normalized spacial score (nSPS) is 30.1. The van der Waals surface area contributed by atoms with Gasteiger partial charge >= 0.3 is 0 Å². The second-order valence-corrected chi connectivity index (χ2v) is 4.30. The minimum Gasteiger partial charge on any atom is -0.103 e. The van der Waals surface area contributed by atoms with Gasteiger partial charge in [0.1, 0.15) is 0 Å². The Morgan fingerprint density at radius 1 is 1.27 bits per heavy atom. The maximum absolute atomic E-state index is 3.83. The first-order valence-electron chi connectivity index (χ1n) is 4.61. The Bertz CT molecular complexity index is 99.0. The molecule has 0 unspecified atom stereocenters. The smallest absolute Gasteiger partial charge is 0.0172 e. The van der Waals surface area contributed by atoms with E-state index in [9.17, 15) is 0 Å². The zero-order chi connectivity index (χ0) is 8.69. The zero-order valence-corrected chi connectivity index (χ0v) is 9.80. The van der Waals surface area contributed by atoms with Crippen LogP contribution in [0.5, 0.6) is 0 Å². The molecule has 2 atom stereocenters. The molecule has 1 saturated carbocycles. The van der Waals surface area contributed by atoms with Crippen LogP contribution in [-0.4, -0.2) is 3.92 Å². The van der Waals surface area contributed by atoms with E-state index in [1.807, 2.05) is 13.8 Å². The fourth-order valence-electron chi connectivity index (χ4n) is 1.38. The van der Waals surface area contributed by atoms with Crippen molar-refractivity contribution in [1.29, 1.82) is 0 Å². The molecule has 0 amide bonds. The van der Waals surface area contributed by atoms with Gasteiger partial charge in [0.2, 0.25) is 0 Å². The zero-order valence-electron chi connectivity index (χ0n) is 7.65. The Morgan fingerprint density at radius 3 is 2.18 bits per heavy atom. The average Bonchev–Trinajstić information content (AvgIpc) is 2.09. The van der Waals surface area contributed by atoms with E-state index >= 15 is 0 Å². The summed E-state index contributed by atoms with van der Waals surface area (Å²) in [6, 6.07) is 0. The van der Waals surface area contributed by atoms with Gasteiger partial charge in [-0.3, -0.25) is 0 Å². The van der Waals surface area contributed by atoms with Crippen LogP contribution in [0.4, 0.5) is 0 Å². The summed E-state index contributed by atoms with van der Waals surface area (Å²) in [6.07, 6.45) is 7.73. The highest BCUT2D eigenvalue weighted by Gasteiger charge is 2.18. The van der Waals surface area contributed by atoms with Crippen LogP contribution in [-0.2, 0) is 0 Å². The van der Waals surface area contributed by atoms with Crippen molar-refractivity contribution in [3.63, 3.8) is 0 Å². The third-order valence-electron chi connectivity index (χ3n) is 2.03. The Morgan fingerprint density at radius 2 is 1.82 bits per heavy atom. The average molecular weight is 266 g/mol. The Kier molecular flexibility index (Phi) is 7.44. The molecule has 0 N–H and O–H groups in total. The van der Waals surface area contributed by atoms with E-state index in [4.69, 9.17) is 0 Å². The molecule has 0 aromatic carbocycles. The second-order valence-electron chi connectivity index (χ2n) is 2.70. The molecule has 1 aliphatic carbocycles. The van der Waals surface area contributed by atoms with Crippen LogP contribution < -0.4 is 0 Å². The molecule has 0 radical (unpaired) electrons.